The quantitative estimate of drug-likeness (QED) is 0.601. The average Bonchev–Trinajstić information content (AvgIpc) is 2.34. The molecule has 98 valence electrons. The summed E-state index contributed by atoms with van der Waals surface area (Å²) in [7, 11) is 0. The van der Waals surface area contributed by atoms with Crippen LogP contribution >= 0.6 is 0 Å². The predicted octanol–water partition coefficient (Wildman–Crippen LogP) is 3.97. The summed E-state index contributed by atoms with van der Waals surface area (Å²) in [5.41, 5.74) is 2.77. The summed E-state index contributed by atoms with van der Waals surface area (Å²) in [6.07, 6.45) is 0. The Morgan fingerprint density at radius 2 is 1.63 bits per heavy atom. The fraction of sp³-hybridized carbons (Fsp3) is 0.188. The van der Waals surface area contributed by atoms with Gasteiger partial charge >= 0.3 is 5.97 Å². The van der Waals surface area contributed by atoms with E-state index in [-0.39, 0.29) is 5.56 Å². The van der Waals surface area contributed by atoms with Crippen LogP contribution in [0, 0.1) is 26.6 Å². The lowest BCUT2D eigenvalue weighted by Crippen LogP contribution is -2.12. The number of halogens is 1. The molecule has 0 aliphatic heterocycles. The van der Waals surface area contributed by atoms with Gasteiger partial charge in [0.05, 0.1) is 5.56 Å². The Morgan fingerprint density at radius 1 is 1.05 bits per heavy atom. The van der Waals surface area contributed by atoms with Gasteiger partial charge in [0.15, 0.2) is 0 Å². The van der Waals surface area contributed by atoms with Gasteiger partial charge in [0, 0.05) is 0 Å². The highest BCUT2D eigenvalue weighted by Gasteiger charge is 2.15. The van der Waals surface area contributed by atoms with Crippen LogP contribution < -0.4 is 4.74 Å². The smallest absolute Gasteiger partial charge is 0.346 e. The van der Waals surface area contributed by atoms with Gasteiger partial charge in [0.2, 0.25) is 0 Å². The van der Waals surface area contributed by atoms with E-state index in [0.29, 0.717) is 5.75 Å². The Labute approximate surface area is 111 Å². The van der Waals surface area contributed by atoms with Crippen molar-refractivity contribution in [1.82, 2.24) is 0 Å². The minimum atomic E-state index is -0.673. The summed E-state index contributed by atoms with van der Waals surface area (Å²) in [6, 6.07) is 9.65. The van der Waals surface area contributed by atoms with E-state index in [9.17, 15) is 9.18 Å². The van der Waals surface area contributed by atoms with E-state index in [2.05, 4.69) is 0 Å². The van der Waals surface area contributed by atoms with Crippen molar-refractivity contribution in [2.24, 2.45) is 0 Å². The highest BCUT2D eigenvalue weighted by atomic mass is 19.1. The minimum absolute atomic E-state index is 0.0538. The first-order valence-corrected chi connectivity index (χ1v) is 6.03. The monoisotopic (exact) mass is 258 g/mol. The maximum atomic E-state index is 13.5. The summed E-state index contributed by atoms with van der Waals surface area (Å²) in [5, 5.41) is 0. The molecule has 0 aromatic heterocycles. The molecular formula is C16H15FO2. The molecule has 0 saturated heterocycles. The summed E-state index contributed by atoms with van der Waals surface area (Å²) >= 11 is 0. The van der Waals surface area contributed by atoms with E-state index in [4.69, 9.17) is 4.74 Å². The van der Waals surface area contributed by atoms with Crippen LogP contribution in [-0.2, 0) is 0 Å². The van der Waals surface area contributed by atoms with E-state index in [1.54, 1.807) is 6.07 Å². The molecule has 0 aliphatic rings. The minimum Gasteiger partial charge on any atom is -0.422 e. The third-order valence-corrected chi connectivity index (χ3v) is 2.89. The van der Waals surface area contributed by atoms with E-state index >= 15 is 0 Å². The van der Waals surface area contributed by atoms with Crippen LogP contribution in [-0.4, -0.2) is 5.97 Å². The fourth-order valence-electron chi connectivity index (χ4n) is 2.10. The zero-order valence-electron chi connectivity index (χ0n) is 11.2. The van der Waals surface area contributed by atoms with Gasteiger partial charge in [0.1, 0.15) is 11.6 Å². The van der Waals surface area contributed by atoms with Crippen LogP contribution in [0.4, 0.5) is 4.39 Å². The number of carbonyl (C=O) groups is 1. The third kappa shape index (κ3) is 2.81. The van der Waals surface area contributed by atoms with Gasteiger partial charge in [-0.05, 0) is 44.0 Å². The highest BCUT2D eigenvalue weighted by Crippen LogP contribution is 2.25. The van der Waals surface area contributed by atoms with Crippen LogP contribution in [0.5, 0.6) is 5.75 Å². The van der Waals surface area contributed by atoms with Crippen molar-refractivity contribution >= 4 is 5.97 Å². The molecule has 19 heavy (non-hydrogen) atoms. The van der Waals surface area contributed by atoms with Gasteiger partial charge in [-0.15, -0.1) is 0 Å². The Hall–Kier alpha value is -2.16. The van der Waals surface area contributed by atoms with Gasteiger partial charge in [-0.1, -0.05) is 29.8 Å². The van der Waals surface area contributed by atoms with Crippen LogP contribution in [0.15, 0.2) is 36.4 Å². The second-order valence-corrected chi connectivity index (χ2v) is 4.60. The SMILES string of the molecule is Cc1cc(C)c(OC(=O)c2ccccc2F)c(C)c1. The molecule has 0 radical (unpaired) electrons. The molecule has 0 bridgehead atoms. The summed E-state index contributed by atoms with van der Waals surface area (Å²) < 4.78 is 18.8. The molecule has 0 spiro atoms. The number of hydrogen-bond donors (Lipinski definition) is 0. The van der Waals surface area contributed by atoms with Crippen LogP contribution in [0.1, 0.15) is 27.0 Å². The molecule has 0 aliphatic carbocycles. The van der Waals surface area contributed by atoms with Crippen molar-refractivity contribution in [1.29, 1.82) is 0 Å². The first-order chi connectivity index (χ1) is 8.99. The van der Waals surface area contributed by atoms with Crippen molar-refractivity contribution in [3.05, 3.63) is 64.5 Å². The third-order valence-electron chi connectivity index (χ3n) is 2.89. The van der Waals surface area contributed by atoms with Crippen molar-refractivity contribution < 1.29 is 13.9 Å². The summed E-state index contributed by atoms with van der Waals surface area (Å²) in [4.78, 5) is 12.0. The lowest BCUT2D eigenvalue weighted by Gasteiger charge is -2.11. The first kappa shape index (κ1) is 13.3. The lowest BCUT2D eigenvalue weighted by molar-refractivity contribution is 0.0727. The molecular weight excluding hydrogens is 243 g/mol. The largest absolute Gasteiger partial charge is 0.422 e. The number of benzene rings is 2. The van der Waals surface area contributed by atoms with Gasteiger partial charge in [-0.2, -0.15) is 0 Å². The molecule has 2 rings (SSSR count). The molecule has 0 heterocycles. The van der Waals surface area contributed by atoms with Gasteiger partial charge < -0.3 is 4.74 Å². The zero-order valence-corrected chi connectivity index (χ0v) is 11.2. The second-order valence-electron chi connectivity index (χ2n) is 4.60. The maximum Gasteiger partial charge on any atom is 0.346 e. The molecule has 0 amide bonds. The van der Waals surface area contributed by atoms with Crippen molar-refractivity contribution in [3.63, 3.8) is 0 Å². The van der Waals surface area contributed by atoms with E-state index in [0.717, 1.165) is 16.7 Å². The zero-order chi connectivity index (χ0) is 14.0. The maximum absolute atomic E-state index is 13.5. The predicted molar refractivity (Wildman–Crippen MR) is 72.0 cm³/mol. The molecule has 0 fully saturated rings. The van der Waals surface area contributed by atoms with Gasteiger partial charge in [-0.3, -0.25) is 0 Å². The molecule has 2 nitrogen and oxygen atoms in total. The van der Waals surface area contributed by atoms with E-state index in [1.807, 2.05) is 32.9 Å². The molecule has 3 heteroatoms. The molecule has 0 saturated carbocycles. The summed E-state index contributed by atoms with van der Waals surface area (Å²) in [5.74, 6) is -0.748. The number of ether oxygens (including phenoxy) is 1. The molecule has 2 aromatic carbocycles. The molecule has 0 atom stereocenters. The number of hydrogen-bond acceptors (Lipinski definition) is 2. The lowest BCUT2D eigenvalue weighted by atomic mass is 10.1. The van der Waals surface area contributed by atoms with Gasteiger partial charge in [-0.25, -0.2) is 9.18 Å². The Morgan fingerprint density at radius 3 is 2.21 bits per heavy atom. The van der Waals surface area contributed by atoms with Crippen molar-refractivity contribution in [2.45, 2.75) is 20.8 Å². The van der Waals surface area contributed by atoms with Crippen molar-refractivity contribution in [2.75, 3.05) is 0 Å². The van der Waals surface area contributed by atoms with Crippen LogP contribution in [0.25, 0.3) is 0 Å². The standard InChI is InChI=1S/C16H15FO2/c1-10-8-11(2)15(12(3)9-10)19-16(18)13-6-4-5-7-14(13)17/h4-9H,1-3H3. The molecule has 0 unspecified atom stereocenters. The highest BCUT2D eigenvalue weighted by molar-refractivity contribution is 5.91. The number of aryl methyl sites for hydroxylation is 3. The molecule has 0 N–H and O–H groups in total. The first-order valence-electron chi connectivity index (χ1n) is 6.03. The average molecular weight is 258 g/mol. The Bertz CT molecular complexity index is 609. The number of rotatable bonds is 2. The topological polar surface area (TPSA) is 26.3 Å². The number of carbonyl (C=O) groups excluding carboxylic acids is 1. The second kappa shape index (κ2) is 5.22. The van der Waals surface area contributed by atoms with Crippen molar-refractivity contribution in [3.8, 4) is 5.75 Å². The summed E-state index contributed by atoms with van der Waals surface area (Å²) in [6.45, 7) is 5.70. The molecule has 2 aromatic rings. The van der Waals surface area contributed by atoms with Crippen LogP contribution in [0.2, 0.25) is 0 Å². The van der Waals surface area contributed by atoms with E-state index < -0.39 is 11.8 Å². The Balaban J connectivity index is 2.32. The fourth-order valence-corrected chi connectivity index (χ4v) is 2.10. The van der Waals surface area contributed by atoms with E-state index in [1.165, 1.54) is 18.2 Å². The van der Waals surface area contributed by atoms with Gasteiger partial charge in [0.25, 0.3) is 0 Å². The Kier molecular flexibility index (Phi) is 3.65. The number of esters is 1. The normalized spacial score (nSPS) is 10.3. The van der Waals surface area contributed by atoms with Crippen LogP contribution in [0.3, 0.4) is 0 Å².